The minimum atomic E-state index is -2.41. The van der Waals surface area contributed by atoms with Crippen LogP contribution in [0.3, 0.4) is 0 Å². The lowest BCUT2D eigenvalue weighted by Gasteiger charge is -2.29. The van der Waals surface area contributed by atoms with Gasteiger partial charge in [0.25, 0.3) is 6.43 Å². The van der Waals surface area contributed by atoms with Gasteiger partial charge in [0, 0.05) is 36.4 Å². The monoisotopic (exact) mass is 427 g/mol. The van der Waals surface area contributed by atoms with Crippen LogP contribution in [0, 0.1) is 0 Å². The van der Waals surface area contributed by atoms with E-state index in [1.165, 1.54) is 0 Å². The van der Waals surface area contributed by atoms with Crippen molar-refractivity contribution < 1.29 is 13.5 Å². The van der Waals surface area contributed by atoms with Crippen LogP contribution in [0.4, 0.5) is 14.7 Å². The van der Waals surface area contributed by atoms with Crippen LogP contribution in [0.15, 0.2) is 30.6 Å². The number of alkyl halides is 2. The van der Waals surface area contributed by atoms with E-state index in [0.717, 1.165) is 58.9 Å². The molecule has 0 spiro atoms. The highest BCUT2D eigenvalue weighted by atomic mass is 19.3. The normalized spacial score (nSPS) is 19.5. The Morgan fingerprint density at radius 1 is 1.26 bits per heavy atom. The van der Waals surface area contributed by atoms with E-state index >= 15 is 0 Å². The lowest BCUT2D eigenvalue weighted by molar-refractivity contribution is -0.0374. The topological polar surface area (TPSA) is 93.5 Å². The molecule has 10 heteroatoms. The number of benzene rings is 1. The van der Waals surface area contributed by atoms with Crippen LogP contribution in [-0.2, 0) is 11.8 Å². The molecule has 0 amide bonds. The summed E-state index contributed by atoms with van der Waals surface area (Å²) in [5.74, 6) is 0.559. The molecule has 0 aliphatic heterocycles. The number of halogens is 2. The number of aryl methyl sites for hydroxylation is 1. The SMILES string of the molecule is Cn1nnc2ccc(-c3c[nH]c4nc(N[C@H]5CC[C@@H](OCC(F)F)CC5)ncc34)cc21. The lowest BCUT2D eigenvalue weighted by atomic mass is 9.93. The number of anilines is 1. The van der Waals surface area contributed by atoms with Crippen molar-refractivity contribution in [3.8, 4) is 11.1 Å². The predicted molar refractivity (Wildman–Crippen MR) is 113 cm³/mol. The molecule has 4 aromatic rings. The molecule has 162 valence electrons. The largest absolute Gasteiger partial charge is 0.372 e. The van der Waals surface area contributed by atoms with E-state index in [4.69, 9.17) is 4.74 Å². The Morgan fingerprint density at radius 2 is 2.10 bits per heavy atom. The molecule has 31 heavy (non-hydrogen) atoms. The molecular weight excluding hydrogens is 404 g/mol. The summed E-state index contributed by atoms with van der Waals surface area (Å²) < 4.78 is 31.6. The molecular formula is C21H23F2N7O. The van der Waals surface area contributed by atoms with Gasteiger partial charge >= 0.3 is 0 Å². The van der Waals surface area contributed by atoms with Gasteiger partial charge in [-0.15, -0.1) is 5.10 Å². The minimum absolute atomic E-state index is 0.0895. The summed E-state index contributed by atoms with van der Waals surface area (Å²) in [6, 6.07) is 6.23. The number of H-pyrrole nitrogens is 1. The molecule has 3 aromatic heterocycles. The first-order valence-corrected chi connectivity index (χ1v) is 10.4. The molecule has 1 saturated carbocycles. The van der Waals surface area contributed by atoms with E-state index < -0.39 is 13.0 Å². The average Bonchev–Trinajstić information content (AvgIpc) is 3.36. The van der Waals surface area contributed by atoms with Gasteiger partial charge in [0.2, 0.25) is 5.95 Å². The maximum Gasteiger partial charge on any atom is 0.261 e. The summed E-state index contributed by atoms with van der Waals surface area (Å²) >= 11 is 0. The van der Waals surface area contributed by atoms with Gasteiger partial charge in [0.1, 0.15) is 17.8 Å². The van der Waals surface area contributed by atoms with Crippen LogP contribution < -0.4 is 5.32 Å². The number of nitrogens with one attached hydrogen (secondary N) is 2. The number of aromatic amines is 1. The zero-order valence-corrected chi connectivity index (χ0v) is 17.1. The van der Waals surface area contributed by atoms with Crippen molar-refractivity contribution in [3.05, 3.63) is 30.6 Å². The Morgan fingerprint density at radius 3 is 2.90 bits per heavy atom. The van der Waals surface area contributed by atoms with E-state index in [9.17, 15) is 8.78 Å². The molecule has 3 heterocycles. The first kappa shape index (κ1) is 19.8. The number of nitrogens with zero attached hydrogens (tertiary/aromatic N) is 5. The molecule has 1 aromatic carbocycles. The molecule has 8 nitrogen and oxygen atoms in total. The molecule has 0 unspecified atom stereocenters. The first-order valence-electron chi connectivity index (χ1n) is 10.4. The second-order valence-corrected chi connectivity index (χ2v) is 7.92. The van der Waals surface area contributed by atoms with E-state index in [2.05, 4.69) is 36.6 Å². The third kappa shape index (κ3) is 4.07. The predicted octanol–water partition coefficient (Wildman–Crippen LogP) is 3.91. The summed E-state index contributed by atoms with van der Waals surface area (Å²) in [4.78, 5) is 12.4. The Hall–Kier alpha value is -3.14. The Labute approximate surface area is 177 Å². The van der Waals surface area contributed by atoms with Crippen molar-refractivity contribution in [1.82, 2.24) is 29.9 Å². The Balaban J connectivity index is 1.29. The molecule has 0 atom stereocenters. The van der Waals surface area contributed by atoms with Crippen LogP contribution in [0.5, 0.6) is 0 Å². The van der Waals surface area contributed by atoms with Crippen molar-refractivity contribution in [2.75, 3.05) is 11.9 Å². The molecule has 0 saturated heterocycles. The number of rotatable bonds is 6. The molecule has 2 N–H and O–H groups in total. The summed E-state index contributed by atoms with van der Waals surface area (Å²) in [6.07, 6.45) is 4.43. The van der Waals surface area contributed by atoms with Gasteiger partial charge in [0.05, 0.1) is 11.6 Å². The van der Waals surface area contributed by atoms with Crippen molar-refractivity contribution in [2.24, 2.45) is 7.05 Å². The second kappa shape index (κ2) is 8.18. The average molecular weight is 427 g/mol. The van der Waals surface area contributed by atoms with Gasteiger partial charge in [-0.1, -0.05) is 11.3 Å². The van der Waals surface area contributed by atoms with Gasteiger partial charge in [-0.2, -0.15) is 4.98 Å². The van der Waals surface area contributed by atoms with Crippen LogP contribution in [0.25, 0.3) is 33.2 Å². The Bertz CT molecular complexity index is 1200. The number of aromatic nitrogens is 6. The highest BCUT2D eigenvalue weighted by Gasteiger charge is 2.23. The maximum atomic E-state index is 12.3. The third-order valence-corrected chi connectivity index (χ3v) is 5.82. The zero-order chi connectivity index (χ0) is 21.4. The van der Waals surface area contributed by atoms with Gasteiger partial charge in [-0.05, 0) is 43.4 Å². The fraction of sp³-hybridized carbons (Fsp3) is 0.429. The maximum absolute atomic E-state index is 12.3. The highest BCUT2D eigenvalue weighted by Crippen LogP contribution is 2.30. The van der Waals surface area contributed by atoms with E-state index in [0.29, 0.717) is 5.95 Å². The molecule has 1 aliphatic carbocycles. The third-order valence-electron chi connectivity index (χ3n) is 5.82. The van der Waals surface area contributed by atoms with Crippen LogP contribution in [-0.4, -0.2) is 55.1 Å². The molecule has 1 fully saturated rings. The fourth-order valence-corrected chi connectivity index (χ4v) is 4.18. The summed E-state index contributed by atoms with van der Waals surface area (Å²) in [6.45, 7) is -0.484. The first-order chi connectivity index (χ1) is 15.1. The van der Waals surface area contributed by atoms with E-state index in [1.54, 1.807) is 4.68 Å². The van der Waals surface area contributed by atoms with Crippen molar-refractivity contribution in [1.29, 1.82) is 0 Å². The fourth-order valence-electron chi connectivity index (χ4n) is 4.18. The van der Waals surface area contributed by atoms with Gasteiger partial charge < -0.3 is 15.0 Å². The second-order valence-electron chi connectivity index (χ2n) is 7.92. The number of ether oxygens (including phenoxy) is 1. The Kier molecular flexibility index (Phi) is 5.23. The molecule has 5 rings (SSSR count). The quantitative estimate of drug-likeness (QED) is 0.485. The molecule has 0 bridgehead atoms. The summed E-state index contributed by atoms with van der Waals surface area (Å²) in [5, 5.41) is 12.5. The summed E-state index contributed by atoms with van der Waals surface area (Å²) in [5.41, 5.74) is 4.61. The summed E-state index contributed by atoms with van der Waals surface area (Å²) in [7, 11) is 1.87. The van der Waals surface area contributed by atoms with Crippen LogP contribution >= 0.6 is 0 Å². The van der Waals surface area contributed by atoms with Crippen molar-refractivity contribution >= 4 is 28.0 Å². The van der Waals surface area contributed by atoms with Gasteiger partial charge in [-0.25, -0.2) is 18.4 Å². The lowest BCUT2D eigenvalue weighted by Crippen LogP contribution is -2.31. The van der Waals surface area contributed by atoms with Crippen molar-refractivity contribution in [2.45, 2.75) is 44.3 Å². The van der Waals surface area contributed by atoms with Crippen LogP contribution in [0.1, 0.15) is 25.7 Å². The smallest absolute Gasteiger partial charge is 0.261 e. The molecule has 1 aliphatic rings. The van der Waals surface area contributed by atoms with E-state index in [1.807, 2.05) is 31.6 Å². The molecule has 0 radical (unpaired) electrons. The zero-order valence-electron chi connectivity index (χ0n) is 17.1. The van der Waals surface area contributed by atoms with E-state index in [-0.39, 0.29) is 12.1 Å². The van der Waals surface area contributed by atoms with Gasteiger partial charge in [-0.3, -0.25) is 0 Å². The van der Waals surface area contributed by atoms with Crippen molar-refractivity contribution in [3.63, 3.8) is 0 Å². The van der Waals surface area contributed by atoms with Gasteiger partial charge in [0.15, 0.2) is 0 Å². The standard InChI is InChI=1S/C21H23F2N7O/c1-30-18-8-12(2-7-17(18)28-29-30)15-9-24-20-16(15)10-25-21(27-20)26-13-3-5-14(6-4-13)31-11-19(22)23/h2,7-10,13-14,19H,3-6,11H2,1H3,(H2,24,25,26,27)/t13-,14+. The highest BCUT2D eigenvalue weighted by molar-refractivity contribution is 5.95. The van der Waals surface area contributed by atoms with Crippen LogP contribution in [0.2, 0.25) is 0 Å². The number of hydrogen-bond donors (Lipinski definition) is 2. The minimum Gasteiger partial charge on any atom is -0.372 e. The number of fused-ring (bicyclic) bond motifs is 2. The number of hydrogen-bond acceptors (Lipinski definition) is 6.